The van der Waals surface area contributed by atoms with E-state index in [0.29, 0.717) is 12.6 Å². The van der Waals surface area contributed by atoms with E-state index in [9.17, 15) is 4.79 Å². The molecule has 0 radical (unpaired) electrons. The van der Waals surface area contributed by atoms with Gasteiger partial charge in [0.15, 0.2) is 0 Å². The van der Waals surface area contributed by atoms with E-state index in [1.165, 1.54) is 0 Å². The quantitative estimate of drug-likeness (QED) is 0.782. The van der Waals surface area contributed by atoms with E-state index >= 15 is 0 Å². The van der Waals surface area contributed by atoms with E-state index < -0.39 is 0 Å². The van der Waals surface area contributed by atoms with Crippen LogP contribution in [0.15, 0.2) is 30.3 Å². The van der Waals surface area contributed by atoms with Crippen molar-refractivity contribution in [3.63, 3.8) is 0 Å². The Kier molecular flexibility index (Phi) is 4.80. The molecule has 104 valence electrons. The highest BCUT2D eigenvalue weighted by Gasteiger charge is 2.28. The molecule has 2 rings (SSSR count). The molecular formula is C15H23N3O. The number of nitrogens with zero attached hydrogens (tertiary/aromatic N) is 1. The second-order valence-corrected chi connectivity index (χ2v) is 5.13. The molecule has 1 aromatic rings. The number of nitrogens with one attached hydrogen (secondary N) is 1. The minimum atomic E-state index is -0.158. The lowest BCUT2D eigenvalue weighted by Crippen LogP contribution is -2.46. The van der Waals surface area contributed by atoms with Gasteiger partial charge < -0.3 is 16.0 Å². The minimum absolute atomic E-state index is 0.114. The maximum atomic E-state index is 12.2. The van der Waals surface area contributed by atoms with Gasteiger partial charge in [0, 0.05) is 18.3 Å². The van der Waals surface area contributed by atoms with Crippen molar-refractivity contribution < 1.29 is 4.79 Å². The normalized spacial score (nSPS) is 15.9. The lowest BCUT2D eigenvalue weighted by Gasteiger charge is -2.30. The van der Waals surface area contributed by atoms with Crippen LogP contribution in [-0.4, -0.2) is 31.1 Å². The topological polar surface area (TPSA) is 58.4 Å². The van der Waals surface area contributed by atoms with Gasteiger partial charge in [-0.15, -0.1) is 0 Å². The number of para-hydroxylation sites is 1. The fraction of sp³-hybridized carbons (Fsp3) is 0.533. The Bertz CT molecular complexity index is 403. The van der Waals surface area contributed by atoms with E-state index in [0.717, 1.165) is 31.5 Å². The monoisotopic (exact) mass is 261 g/mol. The molecule has 0 spiro atoms. The van der Waals surface area contributed by atoms with Gasteiger partial charge in [0.05, 0.1) is 0 Å². The first kappa shape index (κ1) is 13.9. The van der Waals surface area contributed by atoms with E-state index in [4.69, 9.17) is 5.73 Å². The van der Waals surface area contributed by atoms with Crippen LogP contribution in [0.3, 0.4) is 0 Å². The second-order valence-electron chi connectivity index (χ2n) is 5.13. The molecular weight excluding hydrogens is 238 g/mol. The average molecular weight is 261 g/mol. The van der Waals surface area contributed by atoms with Crippen molar-refractivity contribution in [2.45, 2.75) is 38.3 Å². The summed E-state index contributed by atoms with van der Waals surface area (Å²) in [6, 6.07) is 10.3. The van der Waals surface area contributed by atoms with Crippen LogP contribution in [0.1, 0.15) is 26.2 Å². The number of anilines is 1. The van der Waals surface area contributed by atoms with Gasteiger partial charge in [-0.1, -0.05) is 18.2 Å². The number of carbonyl (C=O) groups excluding carboxylic acids is 1. The molecule has 1 aliphatic carbocycles. The molecule has 0 aromatic heterocycles. The van der Waals surface area contributed by atoms with Crippen molar-refractivity contribution in [2.24, 2.45) is 5.73 Å². The molecule has 4 heteroatoms. The summed E-state index contributed by atoms with van der Waals surface area (Å²) < 4.78 is 0. The van der Waals surface area contributed by atoms with Gasteiger partial charge in [-0.2, -0.15) is 0 Å². The number of nitrogens with two attached hydrogens (primary N) is 1. The van der Waals surface area contributed by atoms with Gasteiger partial charge in [0.1, 0.15) is 6.04 Å². The van der Waals surface area contributed by atoms with Crippen LogP contribution in [0.2, 0.25) is 0 Å². The van der Waals surface area contributed by atoms with Crippen LogP contribution in [0.4, 0.5) is 5.69 Å². The zero-order valence-corrected chi connectivity index (χ0v) is 11.5. The molecule has 1 amide bonds. The van der Waals surface area contributed by atoms with Crippen LogP contribution in [0, 0.1) is 0 Å². The highest BCUT2D eigenvalue weighted by molar-refractivity contribution is 5.85. The summed E-state index contributed by atoms with van der Waals surface area (Å²) >= 11 is 0. The molecule has 0 heterocycles. The van der Waals surface area contributed by atoms with E-state index in [-0.39, 0.29) is 11.9 Å². The number of amides is 1. The van der Waals surface area contributed by atoms with Gasteiger partial charge in [-0.05, 0) is 44.9 Å². The molecule has 0 aliphatic heterocycles. The summed E-state index contributed by atoms with van der Waals surface area (Å²) in [5, 5.41) is 3.07. The van der Waals surface area contributed by atoms with Crippen molar-refractivity contribution in [1.82, 2.24) is 5.32 Å². The highest BCUT2D eigenvalue weighted by Crippen LogP contribution is 2.21. The Hall–Kier alpha value is -1.55. The van der Waals surface area contributed by atoms with Crippen molar-refractivity contribution in [2.75, 3.05) is 18.0 Å². The summed E-state index contributed by atoms with van der Waals surface area (Å²) in [6.07, 6.45) is 3.12. The zero-order valence-electron chi connectivity index (χ0n) is 11.5. The predicted molar refractivity (Wildman–Crippen MR) is 78.1 cm³/mol. The molecule has 3 N–H and O–H groups in total. The molecule has 0 saturated heterocycles. The van der Waals surface area contributed by atoms with Crippen LogP contribution in [-0.2, 0) is 4.79 Å². The van der Waals surface area contributed by atoms with Crippen LogP contribution in [0.25, 0.3) is 0 Å². The predicted octanol–water partition coefficient (Wildman–Crippen LogP) is 1.51. The van der Waals surface area contributed by atoms with Gasteiger partial charge in [-0.25, -0.2) is 0 Å². The minimum Gasteiger partial charge on any atom is -0.360 e. The van der Waals surface area contributed by atoms with Gasteiger partial charge in [0.25, 0.3) is 0 Å². The lowest BCUT2D eigenvalue weighted by molar-refractivity contribution is -0.122. The Morgan fingerprint density at radius 2 is 2.11 bits per heavy atom. The Morgan fingerprint density at radius 1 is 1.42 bits per heavy atom. The zero-order chi connectivity index (χ0) is 13.7. The maximum absolute atomic E-state index is 12.2. The van der Waals surface area contributed by atoms with Crippen LogP contribution >= 0.6 is 0 Å². The molecule has 1 saturated carbocycles. The number of hydrogen-bond acceptors (Lipinski definition) is 3. The molecule has 19 heavy (non-hydrogen) atoms. The number of hydrogen-bond donors (Lipinski definition) is 2. The number of benzene rings is 1. The van der Waals surface area contributed by atoms with Gasteiger partial charge in [0.2, 0.25) is 5.91 Å². The Balaban J connectivity index is 2.04. The van der Waals surface area contributed by atoms with E-state index in [1.807, 2.05) is 37.3 Å². The molecule has 1 aliphatic rings. The number of carbonyl (C=O) groups is 1. The first-order chi connectivity index (χ1) is 9.22. The highest BCUT2D eigenvalue weighted by atomic mass is 16.2. The maximum Gasteiger partial charge on any atom is 0.242 e. The van der Waals surface area contributed by atoms with Crippen molar-refractivity contribution >= 4 is 11.6 Å². The smallest absolute Gasteiger partial charge is 0.242 e. The lowest BCUT2D eigenvalue weighted by atomic mass is 10.2. The summed E-state index contributed by atoms with van der Waals surface area (Å²) in [4.78, 5) is 14.3. The van der Waals surface area contributed by atoms with Crippen molar-refractivity contribution in [3.05, 3.63) is 30.3 Å². The SMILES string of the molecule is CC(C(=O)NC1CC1)N(CCCN)c1ccccc1. The second kappa shape index (κ2) is 6.57. The fourth-order valence-electron chi connectivity index (χ4n) is 2.12. The third kappa shape index (κ3) is 3.96. The summed E-state index contributed by atoms with van der Waals surface area (Å²) in [5.41, 5.74) is 6.67. The molecule has 1 aromatic carbocycles. The largest absolute Gasteiger partial charge is 0.360 e. The van der Waals surface area contributed by atoms with Crippen LogP contribution in [0.5, 0.6) is 0 Å². The molecule has 1 unspecified atom stereocenters. The van der Waals surface area contributed by atoms with Crippen molar-refractivity contribution in [1.29, 1.82) is 0 Å². The molecule has 0 bridgehead atoms. The van der Waals surface area contributed by atoms with Crippen molar-refractivity contribution in [3.8, 4) is 0 Å². The van der Waals surface area contributed by atoms with E-state index in [1.54, 1.807) is 0 Å². The fourth-order valence-corrected chi connectivity index (χ4v) is 2.12. The molecule has 4 nitrogen and oxygen atoms in total. The van der Waals surface area contributed by atoms with Gasteiger partial charge in [-0.3, -0.25) is 4.79 Å². The van der Waals surface area contributed by atoms with Gasteiger partial charge >= 0.3 is 0 Å². The molecule has 1 fully saturated rings. The third-order valence-corrected chi connectivity index (χ3v) is 3.46. The Morgan fingerprint density at radius 3 is 2.68 bits per heavy atom. The first-order valence-corrected chi connectivity index (χ1v) is 7.04. The van der Waals surface area contributed by atoms with E-state index in [2.05, 4.69) is 10.2 Å². The van der Waals surface area contributed by atoms with Crippen LogP contribution < -0.4 is 16.0 Å². The first-order valence-electron chi connectivity index (χ1n) is 7.04. The summed E-state index contributed by atoms with van der Waals surface area (Å²) in [5.74, 6) is 0.114. The summed E-state index contributed by atoms with van der Waals surface area (Å²) in [6.45, 7) is 3.40. The standard InChI is InChI=1S/C15H23N3O/c1-12(15(19)17-13-8-9-13)18(11-5-10-16)14-6-3-2-4-7-14/h2-4,6-7,12-13H,5,8-11,16H2,1H3,(H,17,19). The number of rotatable bonds is 7. The Labute approximate surface area is 115 Å². The third-order valence-electron chi connectivity index (χ3n) is 3.46. The average Bonchev–Trinajstić information content (AvgIpc) is 3.24. The molecule has 1 atom stereocenters. The summed E-state index contributed by atoms with van der Waals surface area (Å²) in [7, 11) is 0.